The quantitative estimate of drug-likeness (QED) is 0.844. The van der Waals surface area contributed by atoms with Crippen molar-refractivity contribution in [2.24, 2.45) is 0 Å². The van der Waals surface area contributed by atoms with Crippen molar-refractivity contribution in [3.8, 4) is 0 Å². The molecule has 1 aromatic rings. The highest BCUT2D eigenvalue weighted by Crippen LogP contribution is 2.27. The standard InChI is InChI=1S/C14H20FNO/c1-2-4-12-7-8-13(16-12)14(17)10-5-3-6-11(15)9-10/h3,5-6,9,12-14,16-17H,2,4,7-8H2,1H3/t12-,13+,14+/m1/s1. The van der Waals surface area contributed by atoms with Crippen LogP contribution in [0.3, 0.4) is 0 Å². The molecule has 1 heterocycles. The van der Waals surface area contributed by atoms with Gasteiger partial charge in [-0.25, -0.2) is 4.39 Å². The Morgan fingerprint density at radius 3 is 3.00 bits per heavy atom. The molecule has 0 radical (unpaired) electrons. The van der Waals surface area contributed by atoms with Gasteiger partial charge in [-0.3, -0.25) is 0 Å². The Balaban J connectivity index is 1.99. The molecule has 1 aromatic carbocycles. The number of hydrogen-bond acceptors (Lipinski definition) is 2. The molecule has 0 bridgehead atoms. The fraction of sp³-hybridized carbons (Fsp3) is 0.571. The molecule has 0 saturated carbocycles. The molecule has 0 aromatic heterocycles. The maximum atomic E-state index is 13.1. The predicted molar refractivity (Wildman–Crippen MR) is 66.2 cm³/mol. The Hall–Kier alpha value is -0.930. The molecular formula is C14H20FNO. The first-order chi connectivity index (χ1) is 8.20. The Kier molecular flexibility index (Phi) is 4.13. The van der Waals surface area contributed by atoms with E-state index in [1.54, 1.807) is 12.1 Å². The SMILES string of the molecule is CCC[C@@H]1CC[C@@H]([C@@H](O)c2cccc(F)c2)N1. The lowest BCUT2D eigenvalue weighted by Gasteiger charge is -2.20. The smallest absolute Gasteiger partial charge is 0.123 e. The average molecular weight is 237 g/mol. The number of hydrogen-bond donors (Lipinski definition) is 2. The summed E-state index contributed by atoms with van der Waals surface area (Å²) in [6, 6.07) is 6.81. The lowest BCUT2D eigenvalue weighted by molar-refractivity contribution is 0.134. The summed E-state index contributed by atoms with van der Waals surface area (Å²) in [4.78, 5) is 0. The fourth-order valence-electron chi connectivity index (χ4n) is 2.60. The van der Waals surface area contributed by atoms with Crippen LogP contribution in [0.5, 0.6) is 0 Å². The molecule has 1 saturated heterocycles. The van der Waals surface area contributed by atoms with Crippen LogP contribution in [0.25, 0.3) is 0 Å². The number of rotatable bonds is 4. The normalized spacial score (nSPS) is 26.1. The maximum Gasteiger partial charge on any atom is 0.123 e. The Morgan fingerprint density at radius 2 is 2.29 bits per heavy atom. The van der Waals surface area contributed by atoms with Crippen molar-refractivity contribution in [3.63, 3.8) is 0 Å². The Morgan fingerprint density at radius 1 is 1.47 bits per heavy atom. The van der Waals surface area contributed by atoms with Crippen LogP contribution < -0.4 is 5.32 Å². The minimum Gasteiger partial charge on any atom is -0.387 e. The topological polar surface area (TPSA) is 32.3 Å². The summed E-state index contributed by atoms with van der Waals surface area (Å²) in [5.74, 6) is -0.287. The lowest BCUT2D eigenvalue weighted by Crippen LogP contribution is -2.33. The van der Waals surface area contributed by atoms with Crippen molar-refractivity contribution in [2.45, 2.75) is 50.8 Å². The molecular weight excluding hydrogens is 217 g/mol. The van der Waals surface area contributed by atoms with Gasteiger partial charge in [-0.1, -0.05) is 25.5 Å². The highest BCUT2D eigenvalue weighted by atomic mass is 19.1. The second-order valence-electron chi connectivity index (χ2n) is 4.84. The number of nitrogens with one attached hydrogen (secondary N) is 1. The zero-order valence-electron chi connectivity index (χ0n) is 10.2. The van der Waals surface area contributed by atoms with Gasteiger partial charge in [0.2, 0.25) is 0 Å². The average Bonchev–Trinajstić information content (AvgIpc) is 2.77. The van der Waals surface area contributed by atoms with E-state index in [2.05, 4.69) is 12.2 Å². The van der Waals surface area contributed by atoms with Crippen LogP contribution in [-0.4, -0.2) is 17.2 Å². The molecule has 3 atom stereocenters. The van der Waals surface area contributed by atoms with Gasteiger partial charge >= 0.3 is 0 Å². The molecule has 0 spiro atoms. The third-order valence-corrected chi connectivity index (χ3v) is 3.48. The van der Waals surface area contributed by atoms with Gasteiger partial charge in [-0.05, 0) is 37.0 Å². The summed E-state index contributed by atoms with van der Waals surface area (Å²) in [5.41, 5.74) is 0.666. The second-order valence-corrected chi connectivity index (χ2v) is 4.84. The first kappa shape index (κ1) is 12.5. The van der Waals surface area contributed by atoms with Crippen molar-refractivity contribution >= 4 is 0 Å². The van der Waals surface area contributed by atoms with Crippen LogP contribution in [0.1, 0.15) is 44.3 Å². The Labute approximate surface area is 102 Å². The third kappa shape index (κ3) is 3.05. The highest BCUT2D eigenvalue weighted by Gasteiger charge is 2.29. The van der Waals surface area contributed by atoms with E-state index < -0.39 is 6.10 Å². The van der Waals surface area contributed by atoms with E-state index in [9.17, 15) is 9.50 Å². The summed E-state index contributed by atoms with van der Waals surface area (Å²) in [6.07, 6.45) is 3.76. The number of aliphatic hydroxyl groups excluding tert-OH is 1. The number of aliphatic hydroxyl groups is 1. The summed E-state index contributed by atoms with van der Waals surface area (Å²) in [6.45, 7) is 2.16. The molecule has 1 fully saturated rings. The van der Waals surface area contributed by atoms with Crippen molar-refractivity contribution < 1.29 is 9.50 Å². The molecule has 17 heavy (non-hydrogen) atoms. The van der Waals surface area contributed by atoms with Gasteiger partial charge in [0.05, 0.1) is 6.10 Å². The van der Waals surface area contributed by atoms with Crippen molar-refractivity contribution in [2.75, 3.05) is 0 Å². The minimum absolute atomic E-state index is 0.0633. The first-order valence-electron chi connectivity index (χ1n) is 6.40. The third-order valence-electron chi connectivity index (χ3n) is 3.48. The molecule has 1 aliphatic rings. The summed E-state index contributed by atoms with van der Waals surface area (Å²) < 4.78 is 13.1. The summed E-state index contributed by atoms with van der Waals surface area (Å²) in [7, 11) is 0. The summed E-state index contributed by atoms with van der Waals surface area (Å²) >= 11 is 0. The van der Waals surface area contributed by atoms with E-state index in [1.807, 2.05) is 0 Å². The van der Waals surface area contributed by atoms with Gasteiger partial charge in [-0.2, -0.15) is 0 Å². The van der Waals surface area contributed by atoms with E-state index in [4.69, 9.17) is 0 Å². The van der Waals surface area contributed by atoms with Crippen LogP contribution in [-0.2, 0) is 0 Å². The monoisotopic (exact) mass is 237 g/mol. The minimum atomic E-state index is -0.604. The van der Waals surface area contributed by atoms with Crippen molar-refractivity contribution in [1.82, 2.24) is 5.32 Å². The molecule has 0 amide bonds. The van der Waals surface area contributed by atoms with Crippen LogP contribution in [0.15, 0.2) is 24.3 Å². The lowest BCUT2D eigenvalue weighted by atomic mass is 10.0. The van der Waals surface area contributed by atoms with E-state index in [0.717, 1.165) is 25.7 Å². The van der Waals surface area contributed by atoms with Gasteiger partial charge in [0.15, 0.2) is 0 Å². The molecule has 94 valence electrons. The van der Waals surface area contributed by atoms with E-state index in [0.29, 0.717) is 11.6 Å². The number of halogens is 1. The number of benzene rings is 1. The molecule has 2 nitrogen and oxygen atoms in total. The molecule has 1 aliphatic heterocycles. The maximum absolute atomic E-state index is 13.1. The van der Waals surface area contributed by atoms with Gasteiger partial charge in [0.25, 0.3) is 0 Å². The first-order valence-corrected chi connectivity index (χ1v) is 6.40. The highest BCUT2D eigenvalue weighted by molar-refractivity contribution is 5.20. The molecule has 2 rings (SSSR count). The van der Waals surface area contributed by atoms with Crippen LogP contribution >= 0.6 is 0 Å². The largest absolute Gasteiger partial charge is 0.387 e. The molecule has 0 aliphatic carbocycles. The van der Waals surface area contributed by atoms with E-state index >= 15 is 0 Å². The Bertz CT molecular complexity index is 369. The van der Waals surface area contributed by atoms with Crippen molar-refractivity contribution in [1.29, 1.82) is 0 Å². The van der Waals surface area contributed by atoms with Gasteiger partial charge in [-0.15, -0.1) is 0 Å². The van der Waals surface area contributed by atoms with Crippen LogP contribution in [0, 0.1) is 5.82 Å². The van der Waals surface area contributed by atoms with Crippen molar-refractivity contribution in [3.05, 3.63) is 35.6 Å². The van der Waals surface area contributed by atoms with E-state index in [-0.39, 0.29) is 11.9 Å². The zero-order valence-corrected chi connectivity index (χ0v) is 10.2. The van der Waals surface area contributed by atoms with Gasteiger partial charge in [0, 0.05) is 12.1 Å². The molecule has 2 N–H and O–H groups in total. The fourth-order valence-corrected chi connectivity index (χ4v) is 2.60. The zero-order chi connectivity index (χ0) is 12.3. The van der Waals surface area contributed by atoms with E-state index in [1.165, 1.54) is 12.1 Å². The van der Waals surface area contributed by atoms with Gasteiger partial charge in [0.1, 0.15) is 5.82 Å². The summed E-state index contributed by atoms with van der Waals surface area (Å²) in [5, 5.41) is 13.6. The second kappa shape index (κ2) is 5.61. The van der Waals surface area contributed by atoms with Crippen LogP contribution in [0.2, 0.25) is 0 Å². The van der Waals surface area contributed by atoms with Gasteiger partial charge < -0.3 is 10.4 Å². The predicted octanol–water partition coefficient (Wildman–Crippen LogP) is 2.78. The molecule has 3 heteroatoms. The molecule has 0 unspecified atom stereocenters. The van der Waals surface area contributed by atoms with Crippen LogP contribution in [0.4, 0.5) is 4.39 Å².